The third-order valence-electron chi connectivity index (χ3n) is 2.34. The summed E-state index contributed by atoms with van der Waals surface area (Å²) in [6.07, 6.45) is 1.68. The van der Waals surface area contributed by atoms with Gasteiger partial charge in [-0.1, -0.05) is 6.07 Å². The van der Waals surface area contributed by atoms with Gasteiger partial charge in [0.25, 0.3) is 0 Å². The molecule has 80 valence electrons. The molecule has 0 amide bonds. The number of nitrogens with one attached hydrogen (secondary N) is 1. The van der Waals surface area contributed by atoms with Crippen molar-refractivity contribution in [3.8, 4) is 0 Å². The Morgan fingerprint density at radius 1 is 1.40 bits per heavy atom. The number of hydrogen-bond acceptors (Lipinski definition) is 4. The van der Waals surface area contributed by atoms with Crippen molar-refractivity contribution in [2.24, 2.45) is 0 Å². The molecule has 1 aromatic rings. The Morgan fingerprint density at radius 2 is 2.13 bits per heavy atom. The van der Waals surface area contributed by atoms with E-state index in [0.29, 0.717) is 22.0 Å². The molecular formula is C10H12N2O2S. The van der Waals surface area contributed by atoms with Gasteiger partial charge in [0.05, 0.1) is 9.80 Å². The molecule has 0 aliphatic carbocycles. The van der Waals surface area contributed by atoms with Gasteiger partial charge in [-0.3, -0.25) is 0 Å². The molecule has 0 bridgehead atoms. The zero-order valence-corrected chi connectivity index (χ0v) is 9.14. The summed E-state index contributed by atoms with van der Waals surface area (Å²) in [6, 6.07) is 4.93. The Kier molecular flexibility index (Phi) is 2.28. The van der Waals surface area contributed by atoms with E-state index in [9.17, 15) is 8.42 Å². The molecule has 5 heteroatoms. The van der Waals surface area contributed by atoms with Gasteiger partial charge in [0.2, 0.25) is 9.84 Å². The van der Waals surface area contributed by atoms with Crippen LogP contribution in [-0.2, 0) is 9.84 Å². The molecule has 0 saturated carbocycles. The average molecular weight is 224 g/mol. The summed E-state index contributed by atoms with van der Waals surface area (Å²) in [5.41, 5.74) is 6.75. The number of anilines is 1. The summed E-state index contributed by atoms with van der Waals surface area (Å²) in [4.78, 5) is 0.707. The minimum Gasteiger partial charge on any atom is -0.399 e. The summed E-state index contributed by atoms with van der Waals surface area (Å²) < 4.78 is 23.9. The highest BCUT2D eigenvalue weighted by molar-refractivity contribution is 7.95. The maximum Gasteiger partial charge on any atom is 0.204 e. The lowest BCUT2D eigenvalue weighted by molar-refractivity contribution is 0.601. The van der Waals surface area contributed by atoms with Crippen LogP contribution in [0.2, 0.25) is 0 Å². The van der Waals surface area contributed by atoms with Gasteiger partial charge in [-0.05, 0) is 30.8 Å². The lowest BCUT2D eigenvalue weighted by Crippen LogP contribution is -2.15. The molecule has 0 unspecified atom stereocenters. The predicted octanol–water partition coefficient (Wildman–Crippen LogP) is 0.616. The van der Waals surface area contributed by atoms with E-state index in [2.05, 4.69) is 5.32 Å². The Morgan fingerprint density at radius 3 is 2.80 bits per heavy atom. The van der Waals surface area contributed by atoms with E-state index < -0.39 is 9.84 Å². The first-order valence-electron chi connectivity index (χ1n) is 4.55. The number of nitrogen functional groups attached to an aromatic ring is 1. The molecular weight excluding hydrogens is 212 g/mol. The quantitative estimate of drug-likeness (QED) is 0.722. The maximum absolute atomic E-state index is 12.0. The zero-order valence-electron chi connectivity index (χ0n) is 8.32. The van der Waals surface area contributed by atoms with E-state index >= 15 is 0 Å². The molecule has 0 radical (unpaired) electrons. The van der Waals surface area contributed by atoms with Crippen LogP contribution in [-0.4, -0.2) is 22.0 Å². The molecule has 1 aliphatic rings. The number of sulfone groups is 1. The van der Waals surface area contributed by atoms with Crippen molar-refractivity contribution in [1.29, 1.82) is 0 Å². The molecule has 15 heavy (non-hydrogen) atoms. The fraction of sp³-hybridized carbons (Fsp3) is 0.200. The molecule has 0 aromatic heterocycles. The van der Waals surface area contributed by atoms with Crippen LogP contribution in [0.4, 0.5) is 5.69 Å². The summed E-state index contributed by atoms with van der Waals surface area (Å²) in [5.74, 6) is 0. The first-order valence-corrected chi connectivity index (χ1v) is 6.04. The largest absolute Gasteiger partial charge is 0.399 e. The second-order valence-electron chi connectivity index (χ2n) is 3.44. The molecule has 0 atom stereocenters. The van der Waals surface area contributed by atoms with E-state index in [1.54, 1.807) is 25.3 Å². The fourth-order valence-corrected chi connectivity index (χ4v) is 3.24. The van der Waals surface area contributed by atoms with Crippen LogP contribution in [0.3, 0.4) is 0 Å². The van der Waals surface area contributed by atoms with Crippen LogP contribution in [0.5, 0.6) is 0 Å². The Labute approximate surface area is 88.7 Å². The molecule has 1 heterocycles. The first kappa shape index (κ1) is 10.2. The number of hydrogen-bond donors (Lipinski definition) is 2. The third kappa shape index (κ3) is 1.53. The van der Waals surface area contributed by atoms with Crippen LogP contribution in [0.25, 0.3) is 6.08 Å². The summed E-state index contributed by atoms with van der Waals surface area (Å²) >= 11 is 0. The molecule has 1 aliphatic heterocycles. The highest BCUT2D eigenvalue weighted by Gasteiger charge is 2.28. The van der Waals surface area contributed by atoms with Crippen molar-refractivity contribution in [3.63, 3.8) is 0 Å². The van der Waals surface area contributed by atoms with Gasteiger partial charge in [0.15, 0.2) is 0 Å². The zero-order chi connectivity index (χ0) is 11.1. The van der Waals surface area contributed by atoms with Gasteiger partial charge in [-0.15, -0.1) is 0 Å². The van der Waals surface area contributed by atoms with E-state index in [-0.39, 0.29) is 0 Å². The Balaban J connectivity index is 2.58. The topological polar surface area (TPSA) is 72.2 Å². The third-order valence-corrected chi connectivity index (χ3v) is 4.22. The van der Waals surface area contributed by atoms with Gasteiger partial charge in [-0.25, -0.2) is 8.42 Å². The number of nitrogens with two attached hydrogens (primary N) is 1. The first-order chi connectivity index (χ1) is 7.05. The highest BCUT2D eigenvalue weighted by Crippen LogP contribution is 2.33. The lowest BCUT2D eigenvalue weighted by Gasteiger charge is -2.03. The van der Waals surface area contributed by atoms with Gasteiger partial charge in [0, 0.05) is 12.2 Å². The summed E-state index contributed by atoms with van der Waals surface area (Å²) in [7, 11) is -1.60. The van der Waals surface area contributed by atoms with Crippen molar-refractivity contribution in [1.82, 2.24) is 5.32 Å². The molecule has 0 spiro atoms. The summed E-state index contributed by atoms with van der Waals surface area (Å²) in [5, 5.41) is 2.84. The van der Waals surface area contributed by atoms with Gasteiger partial charge < -0.3 is 11.1 Å². The highest BCUT2D eigenvalue weighted by atomic mass is 32.2. The van der Waals surface area contributed by atoms with Gasteiger partial charge in [0.1, 0.15) is 0 Å². The van der Waals surface area contributed by atoms with Gasteiger partial charge in [-0.2, -0.15) is 0 Å². The molecule has 0 fully saturated rings. The van der Waals surface area contributed by atoms with Crippen molar-refractivity contribution < 1.29 is 8.42 Å². The van der Waals surface area contributed by atoms with Crippen LogP contribution in [0.15, 0.2) is 28.0 Å². The lowest BCUT2D eigenvalue weighted by atomic mass is 10.2. The van der Waals surface area contributed by atoms with Gasteiger partial charge >= 0.3 is 0 Å². The average Bonchev–Trinajstić information content (AvgIpc) is 2.41. The van der Waals surface area contributed by atoms with Crippen LogP contribution in [0.1, 0.15) is 5.56 Å². The van der Waals surface area contributed by atoms with Crippen LogP contribution in [0, 0.1) is 0 Å². The van der Waals surface area contributed by atoms with E-state index in [0.717, 1.165) is 5.56 Å². The predicted molar refractivity (Wildman–Crippen MR) is 59.9 cm³/mol. The smallest absolute Gasteiger partial charge is 0.204 e. The second kappa shape index (κ2) is 3.36. The molecule has 1 aromatic carbocycles. The van der Waals surface area contributed by atoms with Crippen LogP contribution < -0.4 is 11.1 Å². The Bertz CT molecular complexity index is 532. The molecule has 2 rings (SSSR count). The van der Waals surface area contributed by atoms with Crippen molar-refractivity contribution >= 4 is 21.6 Å². The maximum atomic E-state index is 12.0. The standard InChI is InChI=1S/C10H12N2O2S/c1-12-6-9-4-7-2-3-8(11)5-10(7)15(9,13)14/h2-5,12H,6,11H2,1H3. The number of fused-ring (bicyclic) bond motifs is 1. The molecule has 0 saturated heterocycles. The molecule has 4 nitrogen and oxygen atoms in total. The SMILES string of the molecule is CNCC1=Cc2ccc(N)cc2S1(=O)=O. The molecule has 3 N–H and O–H groups in total. The summed E-state index contributed by atoms with van der Waals surface area (Å²) in [6.45, 7) is 0.344. The monoisotopic (exact) mass is 224 g/mol. The van der Waals surface area contributed by atoms with Crippen molar-refractivity contribution in [3.05, 3.63) is 28.7 Å². The van der Waals surface area contributed by atoms with E-state index in [1.807, 2.05) is 0 Å². The number of benzene rings is 1. The Hall–Kier alpha value is -1.33. The number of likely N-dealkylation sites (N-methyl/N-ethyl adjacent to an activating group) is 1. The minimum atomic E-state index is -3.31. The van der Waals surface area contributed by atoms with E-state index in [4.69, 9.17) is 5.73 Å². The minimum absolute atomic E-state index is 0.313. The van der Waals surface area contributed by atoms with Crippen molar-refractivity contribution in [2.45, 2.75) is 4.90 Å². The normalized spacial score (nSPS) is 17.3. The van der Waals surface area contributed by atoms with Crippen LogP contribution >= 0.6 is 0 Å². The van der Waals surface area contributed by atoms with E-state index in [1.165, 1.54) is 6.07 Å². The van der Waals surface area contributed by atoms with Crippen molar-refractivity contribution in [2.75, 3.05) is 19.3 Å². The second-order valence-corrected chi connectivity index (χ2v) is 5.41. The fourth-order valence-electron chi connectivity index (χ4n) is 1.62. The number of rotatable bonds is 2.